The van der Waals surface area contributed by atoms with E-state index < -0.39 is 0 Å². The predicted molar refractivity (Wildman–Crippen MR) is 115 cm³/mol. The van der Waals surface area contributed by atoms with E-state index in [1.54, 1.807) is 24.3 Å². The van der Waals surface area contributed by atoms with Crippen LogP contribution in [0.25, 0.3) is 22.5 Å². The number of unbranched alkanes of at least 4 members (excludes halogenated alkanes) is 4. The highest BCUT2D eigenvalue weighted by atomic mass is 35.5. The van der Waals surface area contributed by atoms with E-state index in [0.717, 1.165) is 30.4 Å². The molecular formula is C22H23Cl2N3O. The van der Waals surface area contributed by atoms with Crippen molar-refractivity contribution in [3.05, 3.63) is 58.6 Å². The molecule has 0 spiro atoms. The average Bonchev–Trinajstić information content (AvgIpc) is 3.14. The van der Waals surface area contributed by atoms with Gasteiger partial charge in [-0.15, -0.1) is 15.0 Å². The van der Waals surface area contributed by atoms with E-state index in [1.165, 1.54) is 17.6 Å². The first kappa shape index (κ1) is 20.6. The molecule has 1 aromatic heterocycles. The van der Waals surface area contributed by atoms with Gasteiger partial charge >= 0.3 is 0 Å². The highest BCUT2D eigenvalue weighted by Gasteiger charge is 2.18. The Labute approximate surface area is 175 Å². The van der Waals surface area contributed by atoms with Gasteiger partial charge in [0.2, 0.25) is 0 Å². The summed E-state index contributed by atoms with van der Waals surface area (Å²) in [7, 11) is 0. The van der Waals surface area contributed by atoms with Crippen LogP contribution in [0.15, 0.2) is 48.5 Å². The van der Waals surface area contributed by atoms with Crippen LogP contribution in [0.4, 0.5) is 0 Å². The number of carbonyl (C=O) groups excluding carboxylic acids is 1. The third-order valence-electron chi connectivity index (χ3n) is 4.57. The second-order valence-corrected chi connectivity index (χ2v) is 7.63. The zero-order valence-electron chi connectivity index (χ0n) is 15.9. The Hall–Kier alpha value is -2.17. The fourth-order valence-electron chi connectivity index (χ4n) is 3.00. The number of aromatic nitrogens is 3. The van der Waals surface area contributed by atoms with Crippen LogP contribution in [0.1, 0.15) is 50.2 Å². The van der Waals surface area contributed by atoms with Gasteiger partial charge < -0.3 is 0 Å². The van der Waals surface area contributed by atoms with Crippen molar-refractivity contribution in [2.75, 3.05) is 0 Å². The number of carbonyl (C=O) groups is 1. The number of benzene rings is 2. The van der Waals surface area contributed by atoms with Crippen LogP contribution in [-0.4, -0.2) is 20.9 Å². The van der Waals surface area contributed by atoms with Crippen LogP contribution in [0.3, 0.4) is 0 Å². The maximum atomic E-state index is 12.6. The predicted octanol–water partition coefficient (Wildman–Crippen LogP) is 6.92. The molecule has 3 rings (SSSR count). The largest absolute Gasteiger partial charge is 0.271 e. The Morgan fingerprint density at radius 1 is 0.786 bits per heavy atom. The molecule has 6 heteroatoms. The third-order valence-corrected chi connectivity index (χ3v) is 5.07. The summed E-state index contributed by atoms with van der Waals surface area (Å²) in [5.74, 6) is -0.0908. The second kappa shape index (κ2) is 9.85. The van der Waals surface area contributed by atoms with E-state index in [4.69, 9.17) is 23.2 Å². The average molecular weight is 416 g/mol. The first-order valence-corrected chi connectivity index (χ1v) is 10.4. The van der Waals surface area contributed by atoms with Gasteiger partial charge in [-0.2, -0.15) is 0 Å². The van der Waals surface area contributed by atoms with Gasteiger partial charge in [0.25, 0.3) is 5.91 Å². The minimum atomic E-state index is -0.0908. The maximum Gasteiger partial charge on any atom is 0.264 e. The molecule has 0 saturated carbocycles. The van der Waals surface area contributed by atoms with Gasteiger partial charge in [-0.3, -0.25) is 4.79 Å². The van der Waals surface area contributed by atoms with Crippen molar-refractivity contribution in [2.24, 2.45) is 0 Å². The molecule has 0 aliphatic heterocycles. The summed E-state index contributed by atoms with van der Waals surface area (Å²) in [4.78, 5) is 13.8. The lowest BCUT2D eigenvalue weighted by Crippen LogP contribution is -2.14. The fraction of sp³-hybridized carbons (Fsp3) is 0.318. The zero-order valence-corrected chi connectivity index (χ0v) is 17.4. The Morgan fingerprint density at radius 3 is 1.71 bits per heavy atom. The van der Waals surface area contributed by atoms with E-state index in [2.05, 4.69) is 17.1 Å². The molecule has 146 valence electrons. The molecule has 2 aromatic carbocycles. The van der Waals surface area contributed by atoms with Crippen LogP contribution in [0, 0.1) is 0 Å². The number of hydrogen-bond acceptors (Lipinski definition) is 3. The molecule has 0 aliphatic carbocycles. The Bertz CT molecular complexity index is 855. The SMILES string of the molecule is CCCCCCCC(=O)n1nc(-c2ccc(Cl)cc2)c(-c2ccc(Cl)cc2)n1. The first-order chi connectivity index (χ1) is 13.6. The summed E-state index contributed by atoms with van der Waals surface area (Å²) in [5.41, 5.74) is 3.02. The van der Waals surface area contributed by atoms with Crippen LogP contribution in [-0.2, 0) is 0 Å². The summed E-state index contributed by atoms with van der Waals surface area (Å²) in [6.45, 7) is 2.18. The summed E-state index contributed by atoms with van der Waals surface area (Å²) in [6, 6.07) is 14.7. The summed E-state index contributed by atoms with van der Waals surface area (Å²) >= 11 is 12.0. The normalized spacial score (nSPS) is 11.0. The topological polar surface area (TPSA) is 47.8 Å². The molecular weight excluding hydrogens is 393 g/mol. The standard InChI is InChI=1S/C22H23Cl2N3O/c1-2-3-4-5-6-7-20(28)27-25-21(16-8-12-18(23)13-9-16)22(26-27)17-10-14-19(24)15-11-17/h8-15H,2-7H2,1H3. The maximum absolute atomic E-state index is 12.6. The van der Waals surface area contributed by atoms with Crippen molar-refractivity contribution < 1.29 is 4.79 Å². The molecule has 3 aromatic rings. The number of nitrogens with zero attached hydrogens (tertiary/aromatic N) is 3. The zero-order chi connectivity index (χ0) is 19.9. The second-order valence-electron chi connectivity index (χ2n) is 6.76. The molecule has 0 bridgehead atoms. The molecule has 0 radical (unpaired) electrons. The molecule has 4 nitrogen and oxygen atoms in total. The molecule has 0 saturated heterocycles. The lowest BCUT2D eigenvalue weighted by Gasteiger charge is -2.01. The van der Waals surface area contributed by atoms with Crippen LogP contribution in [0.5, 0.6) is 0 Å². The molecule has 1 heterocycles. The van der Waals surface area contributed by atoms with E-state index >= 15 is 0 Å². The van der Waals surface area contributed by atoms with Crippen molar-refractivity contribution in [3.8, 4) is 22.5 Å². The smallest absolute Gasteiger partial charge is 0.264 e. The van der Waals surface area contributed by atoms with Gasteiger partial charge in [-0.05, 0) is 30.7 Å². The summed E-state index contributed by atoms with van der Waals surface area (Å²) in [5, 5.41) is 10.3. The third kappa shape index (κ3) is 5.21. The Morgan fingerprint density at radius 2 is 1.25 bits per heavy atom. The van der Waals surface area contributed by atoms with E-state index in [-0.39, 0.29) is 5.91 Å². The van der Waals surface area contributed by atoms with Crippen LogP contribution >= 0.6 is 23.2 Å². The lowest BCUT2D eigenvalue weighted by atomic mass is 10.1. The summed E-state index contributed by atoms with van der Waals surface area (Å²) < 4.78 is 0. The van der Waals surface area contributed by atoms with E-state index in [9.17, 15) is 4.79 Å². The van der Waals surface area contributed by atoms with E-state index in [1.807, 2.05) is 24.3 Å². The quantitative estimate of drug-likeness (QED) is 0.375. The molecule has 0 atom stereocenters. The van der Waals surface area contributed by atoms with Gasteiger partial charge in [0.15, 0.2) is 0 Å². The van der Waals surface area contributed by atoms with Gasteiger partial charge in [0.1, 0.15) is 11.4 Å². The minimum Gasteiger partial charge on any atom is -0.271 e. The highest BCUT2D eigenvalue weighted by Crippen LogP contribution is 2.30. The highest BCUT2D eigenvalue weighted by molar-refractivity contribution is 6.31. The monoisotopic (exact) mass is 415 g/mol. The van der Waals surface area contributed by atoms with Crippen molar-refractivity contribution >= 4 is 29.1 Å². The Kier molecular flexibility index (Phi) is 7.24. The van der Waals surface area contributed by atoms with Crippen molar-refractivity contribution in [1.82, 2.24) is 15.0 Å². The van der Waals surface area contributed by atoms with Gasteiger partial charge in [-0.25, -0.2) is 0 Å². The van der Waals surface area contributed by atoms with Gasteiger partial charge in [0.05, 0.1) is 0 Å². The van der Waals surface area contributed by atoms with Crippen LogP contribution in [0.2, 0.25) is 10.0 Å². The summed E-state index contributed by atoms with van der Waals surface area (Å²) in [6.07, 6.45) is 5.89. The molecule has 28 heavy (non-hydrogen) atoms. The van der Waals surface area contributed by atoms with Crippen molar-refractivity contribution in [2.45, 2.75) is 45.4 Å². The van der Waals surface area contributed by atoms with Gasteiger partial charge in [-0.1, -0.05) is 80.1 Å². The molecule has 0 aliphatic rings. The number of halogens is 2. The van der Waals surface area contributed by atoms with E-state index in [0.29, 0.717) is 27.9 Å². The molecule has 0 N–H and O–H groups in total. The first-order valence-electron chi connectivity index (χ1n) is 9.61. The van der Waals surface area contributed by atoms with Crippen LogP contribution < -0.4 is 0 Å². The molecule has 0 amide bonds. The van der Waals surface area contributed by atoms with Gasteiger partial charge in [0, 0.05) is 27.6 Å². The lowest BCUT2D eigenvalue weighted by molar-refractivity contribution is 0.0864. The number of rotatable bonds is 8. The number of hydrogen-bond donors (Lipinski definition) is 0. The Balaban J connectivity index is 1.88. The fourth-order valence-corrected chi connectivity index (χ4v) is 3.25. The minimum absolute atomic E-state index is 0.0908. The van der Waals surface area contributed by atoms with Crippen molar-refractivity contribution in [3.63, 3.8) is 0 Å². The molecule has 0 fully saturated rings. The molecule has 0 unspecified atom stereocenters. The van der Waals surface area contributed by atoms with Crippen molar-refractivity contribution in [1.29, 1.82) is 0 Å².